The third kappa shape index (κ3) is 4.49. The van der Waals surface area contributed by atoms with Crippen molar-refractivity contribution in [2.75, 3.05) is 6.61 Å². The van der Waals surface area contributed by atoms with Gasteiger partial charge in [0.2, 0.25) is 0 Å². The average molecular weight is 483 g/mol. The summed E-state index contributed by atoms with van der Waals surface area (Å²) in [7, 11) is 0. The van der Waals surface area contributed by atoms with Crippen LogP contribution in [0, 0.1) is 16.6 Å². The number of allylic oxidation sites excluding steroid dienone is 4. The molecule has 188 valence electrons. The number of Topliss-reactive ketones (excluding diaryl/α,β-unsaturated/α-hetero) is 1. The number of hydrogen-bond acceptors (Lipinski definition) is 5. The van der Waals surface area contributed by atoms with E-state index in [9.17, 15) is 19.1 Å². The van der Waals surface area contributed by atoms with Gasteiger partial charge in [0.1, 0.15) is 23.1 Å². The lowest BCUT2D eigenvalue weighted by atomic mass is 9.48. The van der Waals surface area contributed by atoms with Gasteiger partial charge in [-0.2, -0.15) is 0 Å². The number of rotatable bonds is 8. The number of benzene rings is 1. The fourth-order valence-electron chi connectivity index (χ4n) is 5.94. The van der Waals surface area contributed by atoms with Crippen molar-refractivity contribution in [1.29, 1.82) is 0 Å². The minimum atomic E-state index is -1.37. The summed E-state index contributed by atoms with van der Waals surface area (Å²) < 4.78 is 25.4. The fourth-order valence-corrected chi connectivity index (χ4v) is 5.94. The Morgan fingerprint density at radius 1 is 1.23 bits per heavy atom. The molecular formula is C29H35FO5. The van der Waals surface area contributed by atoms with E-state index >= 15 is 0 Å². The van der Waals surface area contributed by atoms with Gasteiger partial charge in [0.25, 0.3) is 0 Å². The first-order valence-corrected chi connectivity index (χ1v) is 12.5. The van der Waals surface area contributed by atoms with E-state index in [2.05, 4.69) is 32.9 Å². The summed E-state index contributed by atoms with van der Waals surface area (Å²) in [5.41, 5.74) is 1.20. The maximum Gasteiger partial charge on any atom is 0.334 e. The van der Waals surface area contributed by atoms with E-state index in [0.29, 0.717) is 18.4 Å². The lowest BCUT2D eigenvalue weighted by Gasteiger charge is -2.58. The molecular weight excluding hydrogens is 447 g/mol. The monoisotopic (exact) mass is 482 g/mol. The number of esters is 1. The summed E-state index contributed by atoms with van der Waals surface area (Å²) in [6, 6.07) is 3.82. The zero-order valence-corrected chi connectivity index (χ0v) is 21.0. The first kappa shape index (κ1) is 25.4. The Morgan fingerprint density at radius 3 is 2.71 bits per heavy atom. The van der Waals surface area contributed by atoms with Crippen LogP contribution in [-0.2, 0) is 9.53 Å². The summed E-state index contributed by atoms with van der Waals surface area (Å²) in [6.07, 6.45) is 8.31. The van der Waals surface area contributed by atoms with Crippen molar-refractivity contribution >= 4 is 11.8 Å². The number of carbonyl (C=O) groups excluding carboxylic acids is 2. The molecule has 0 aromatic heterocycles. The molecule has 1 aliphatic heterocycles. The quantitative estimate of drug-likeness (QED) is 0.370. The molecule has 0 radical (unpaired) electrons. The summed E-state index contributed by atoms with van der Waals surface area (Å²) in [6.45, 7) is 8.25. The van der Waals surface area contributed by atoms with Gasteiger partial charge in [-0.05, 0) is 78.4 Å². The van der Waals surface area contributed by atoms with Gasteiger partial charge in [0, 0.05) is 17.1 Å². The van der Waals surface area contributed by atoms with Crippen molar-refractivity contribution in [3.8, 4) is 5.75 Å². The molecule has 0 saturated heterocycles. The van der Waals surface area contributed by atoms with Gasteiger partial charge in [-0.25, -0.2) is 9.18 Å². The van der Waals surface area contributed by atoms with Crippen molar-refractivity contribution < 1.29 is 28.6 Å². The highest BCUT2D eigenvalue weighted by atomic mass is 19.1. The highest BCUT2D eigenvalue weighted by molar-refractivity contribution is 6.07. The topological polar surface area (TPSA) is 72.8 Å². The van der Waals surface area contributed by atoms with Crippen LogP contribution in [0.3, 0.4) is 0 Å². The maximum atomic E-state index is 13.9. The number of halogens is 1. The molecule has 1 fully saturated rings. The van der Waals surface area contributed by atoms with E-state index in [1.807, 2.05) is 0 Å². The molecule has 35 heavy (non-hydrogen) atoms. The Labute approximate surface area is 206 Å². The molecule has 5 rings (SSSR count). The minimum absolute atomic E-state index is 0.196. The lowest BCUT2D eigenvalue weighted by molar-refractivity contribution is -0.145. The number of carbonyl (C=O) groups is 2. The van der Waals surface area contributed by atoms with E-state index in [0.717, 1.165) is 19.3 Å². The summed E-state index contributed by atoms with van der Waals surface area (Å²) in [5.74, 6) is -1.07. The van der Waals surface area contributed by atoms with Gasteiger partial charge in [-0.1, -0.05) is 29.4 Å². The van der Waals surface area contributed by atoms with Crippen LogP contribution in [-0.4, -0.2) is 35.7 Å². The van der Waals surface area contributed by atoms with E-state index in [4.69, 9.17) is 9.47 Å². The number of fused-ring (bicyclic) bond motifs is 2. The smallest absolute Gasteiger partial charge is 0.334 e. The summed E-state index contributed by atoms with van der Waals surface area (Å²) >= 11 is 0. The van der Waals surface area contributed by atoms with Gasteiger partial charge in [-0.3, -0.25) is 4.79 Å². The van der Waals surface area contributed by atoms with Crippen LogP contribution in [0.1, 0.15) is 76.6 Å². The molecule has 1 N–H and O–H groups in total. The second-order valence-electron chi connectivity index (χ2n) is 10.4. The Hall–Kier alpha value is -2.73. The number of aliphatic hydroxyl groups excluding tert-OH is 1. The molecule has 6 heteroatoms. The number of ether oxygens (including phenoxy) is 2. The van der Waals surface area contributed by atoms with Gasteiger partial charge in [0.15, 0.2) is 5.78 Å². The first-order chi connectivity index (χ1) is 16.6. The van der Waals surface area contributed by atoms with E-state index in [-0.39, 0.29) is 30.1 Å². The zero-order valence-electron chi connectivity index (χ0n) is 21.0. The lowest BCUT2D eigenvalue weighted by Crippen LogP contribution is -2.65. The zero-order chi connectivity index (χ0) is 25.4. The molecule has 1 heterocycles. The summed E-state index contributed by atoms with van der Waals surface area (Å²) in [4.78, 5) is 26.7. The largest absolute Gasteiger partial charge is 0.488 e. The number of ketones is 1. The van der Waals surface area contributed by atoms with E-state index in [1.165, 1.54) is 29.3 Å². The first-order valence-electron chi connectivity index (χ1n) is 12.5. The standard InChI is InChI=1S/C29H35FO5/c1-5-34-27(33)22-15-29-24(31)16-28(22,13-7-10-19(4)9-6-8-18(2)3)17-25(29)35-23-14-20(30)11-12-21(23)26(29)32/h8,10-12,14-15,24-25,31H,5-7,9,13,16-17H2,1-4H3/b19-10+/t24-,25-,28+,29+/m0/s1. The van der Waals surface area contributed by atoms with E-state index < -0.39 is 34.8 Å². The van der Waals surface area contributed by atoms with Crippen LogP contribution in [0.2, 0.25) is 0 Å². The molecule has 4 aliphatic rings. The van der Waals surface area contributed by atoms with Crippen molar-refractivity contribution in [1.82, 2.24) is 0 Å². The van der Waals surface area contributed by atoms with E-state index in [1.54, 1.807) is 13.0 Å². The fraction of sp³-hybridized carbons (Fsp3) is 0.517. The van der Waals surface area contributed by atoms with Crippen LogP contribution < -0.4 is 4.74 Å². The Morgan fingerprint density at radius 2 is 2.00 bits per heavy atom. The van der Waals surface area contributed by atoms with Crippen molar-refractivity contribution in [3.63, 3.8) is 0 Å². The van der Waals surface area contributed by atoms with Crippen LogP contribution >= 0.6 is 0 Å². The maximum absolute atomic E-state index is 13.9. The highest BCUT2D eigenvalue weighted by Gasteiger charge is 2.66. The van der Waals surface area contributed by atoms with Gasteiger partial charge in [0.05, 0.1) is 18.3 Å². The Balaban J connectivity index is 1.67. The van der Waals surface area contributed by atoms with Gasteiger partial charge < -0.3 is 14.6 Å². The van der Waals surface area contributed by atoms with Crippen molar-refractivity contribution in [2.24, 2.45) is 10.8 Å². The predicted octanol–water partition coefficient (Wildman–Crippen LogP) is 5.87. The Kier molecular flexibility index (Phi) is 7.05. The molecule has 1 spiro atoms. The molecule has 1 aromatic carbocycles. The summed E-state index contributed by atoms with van der Waals surface area (Å²) in [5, 5.41) is 11.3. The predicted molar refractivity (Wildman–Crippen MR) is 132 cm³/mol. The molecule has 4 atom stereocenters. The van der Waals surface area contributed by atoms with Gasteiger partial charge >= 0.3 is 5.97 Å². The second-order valence-corrected chi connectivity index (χ2v) is 10.4. The number of hydrogen-bond donors (Lipinski definition) is 1. The third-order valence-corrected chi connectivity index (χ3v) is 7.75. The van der Waals surface area contributed by atoms with Crippen molar-refractivity contribution in [3.05, 3.63) is 64.5 Å². The van der Waals surface area contributed by atoms with Crippen LogP contribution in [0.15, 0.2) is 53.1 Å². The van der Waals surface area contributed by atoms with Crippen LogP contribution in [0.5, 0.6) is 5.75 Å². The molecule has 0 amide bonds. The number of aliphatic hydroxyl groups is 1. The van der Waals surface area contributed by atoms with Crippen LogP contribution in [0.4, 0.5) is 4.39 Å². The third-order valence-electron chi connectivity index (χ3n) is 7.75. The molecule has 1 aromatic rings. The van der Waals surface area contributed by atoms with Crippen LogP contribution in [0.25, 0.3) is 0 Å². The van der Waals surface area contributed by atoms with Crippen molar-refractivity contribution in [2.45, 2.75) is 78.4 Å². The average Bonchev–Trinajstić information content (AvgIpc) is 2.78. The Bertz CT molecular complexity index is 1110. The molecule has 5 nitrogen and oxygen atoms in total. The van der Waals surface area contributed by atoms with Gasteiger partial charge in [-0.15, -0.1) is 0 Å². The normalized spacial score (nSPS) is 29.0. The molecule has 3 aliphatic carbocycles. The molecule has 1 saturated carbocycles. The second kappa shape index (κ2) is 9.73. The minimum Gasteiger partial charge on any atom is -0.488 e. The molecule has 0 unspecified atom stereocenters. The SMILES string of the molecule is CCOC(=O)C1=C[C@]23C(=O)c4ccc(F)cc4O[C@H]2C[C@@]1(CC/C=C(\C)CCC=C(C)C)C[C@@H]3O. The highest BCUT2D eigenvalue weighted by Crippen LogP contribution is 2.62. The molecule has 2 bridgehead atoms.